The van der Waals surface area contributed by atoms with Crippen LogP contribution in [0.3, 0.4) is 0 Å². The van der Waals surface area contributed by atoms with Crippen LogP contribution >= 0.6 is 0 Å². The molecule has 0 unspecified atom stereocenters. The van der Waals surface area contributed by atoms with Gasteiger partial charge in [-0.2, -0.15) is 0 Å². The maximum Gasteiger partial charge on any atom is 0.407 e. The van der Waals surface area contributed by atoms with E-state index in [-0.39, 0.29) is 6.09 Å². The summed E-state index contributed by atoms with van der Waals surface area (Å²) >= 11 is 0. The van der Waals surface area contributed by atoms with Crippen molar-refractivity contribution in [2.75, 3.05) is 46.5 Å². The van der Waals surface area contributed by atoms with Gasteiger partial charge >= 0.3 is 6.09 Å². The van der Waals surface area contributed by atoms with Gasteiger partial charge in [-0.1, -0.05) is 25.7 Å². The number of hydrogen-bond acceptors (Lipinski definition) is 6. The fourth-order valence-corrected chi connectivity index (χ4v) is 3.16. The Morgan fingerprint density at radius 1 is 0.833 bits per heavy atom. The number of carbonyl (C=O) groups excluding carboxylic acids is 2. The van der Waals surface area contributed by atoms with Crippen LogP contribution in [0.5, 0.6) is 0 Å². The van der Waals surface area contributed by atoms with Crippen LogP contribution in [0.4, 0.5) is 4.79 Å². The molecule has 0 bridgehead atoms. The molecule has 1 N–H and O–H groups in total. The molecular formula is C23H46N2O5. The highest BCUT2D eigenvalue weighted by Gasteiger charge is 2.15. The monoisotopic (exact) mass is 430 g/mol. The first kappa shape index (κ1) is 28.7. The lowest BCUT2D eigenvalue weighted by molar-refractivity contribution is -0.128. The molecule has 0 saturated heterocycles. The number of carbonyl (C=O) groups is 2. The summed E-state index contributed by atoms with van der Waals surface area (Å²) in [6, 6.07) is 0. The highest BCUT2D eigenvalue weighted by molar-refractivity contribution is 5.67. The standard InChI is InChI=1S/C23H46N2O5/c1-23(2,3)30-22(27)24-15-9-12-18-25(16-10-5-7-13-19-28-4)17-11-6-8-14-20-29-21-26/h21H,5-20H2,1-4H3,(H,24,27). The maximum absolute atomic E-state index is 11.7. The Morgan fingerprint density at radius 3 is 1.90 bits per heavy atom. The minimum absolute atomic E-state index is 0.339. The number of methoxy groups -OCH3 is 1. The van der Waals surface area contributed by atoms with Gasteiger partial charge in [-0.25, -0.2) is 4.79 Å². The number of alkyl carbamates (subject to hydrolysis) is 1. The molecule has 0 rings (SSSR count). The largest absolute Gasteiger partial charge is 0.468 e. The van der Waals surface area contributed by atoms with E-state index in [0.717, 1.165) is 64.8 Å². The number of amides is 1. The van der Waals surface area contributed by atoms with E-state index in [9.17, 15) is 9.59 Å². The van der Waals surface area contributed by atoms with Crippen molar-refractivity contribution < 1.29 is 23.8 Å². The Bertz CT molecular complexity index is 413. The molecule has 0 aliphatic carbocycles. The summed E-state index contributed by atoms with van der Waals surface area (Å²) in [7, 11) is 1.75. The topological polar surface area (TPSA) is 77.1 Å². The van der Waals surface area contributed by atoms with Crippen LogP contribution in [-0.4, -0.2) is 69.6 Å². The lowest BCUT2D eigenvalue weighted by atomic mass is 10.1. The van der Waals surface area contributed by atoms with Gasteiger partial charge < -0.3 is 24.4 Å². The Morgan fingerprint density at radius 2 is 1.37 bits per heavy atom. The molecule has 1 amide bonds. The molecule has 0 spiro atoms. The summed E-state index contributed by atoms with van der Waals surface area (Å²) in [6.45, 7) is 11.4. The number of hydrogen-bond donors (Lipinski definition) is 1. The van der Waals surface area contributed by atoms with Crippen molar-refractivity contribution in [1.82, 2.24) is 10.2 Å². The van der Waals surface area contributed by atoms with E-state index in [2.05, 4.69) is 10.2 Å². The van der Waals surface area contributed by atoms with E-state index < -0.39 is 5.60 Å². The van der Waals surface area contributed by atoms with Crippen LogP contribution < -0.4 is 5.32 Å². The van der Waals surface area contributed by atoms with Gasteiger partial charge in [-0.05, 0) is 78.9 Å². The van der Waals surface area contributed by atoms with E-state index in [4.69, 9.17) is 14.2 Å². The SMILES string of the molecule is COCCCCCCN(CCCCCCOC=O)CCCCNC(=O)OC(C)(C)C. The number of rotatable bonds is 20. The zero-order valence-electron chi connectivity index (χ0n) is 19.9. The van der Waals surface area contributed by atoms with Crippen molar-refractivity contribution in [3.05, 3.63) is 0 Å². The quantitative estimate of drug-likeness (QED) is 0.226. The zero-order valence-corrected chi connectivity index (χ0v) is 19.9. The van der Waals surface area contributed by atoms with Crippen LogP contribution in [0.25, 0.3) is 0 Å². The fourth-order valence-electron chi connectivity index (χ4n) is 3.16. The molecule has 7 heteroatoms. The van der Waals surface area contributed by atoms with E-state index in [1.54, 1.807) is 7.11 Å². The highest BCUT2D eigenvalue weighted by atomic mass is 16.6. The molecule has 0 saturated carbocycles. The molecule has 0 radical (unpaired) electrons. The fraction of sp³-hybridized carbons (Fsp3) is 0.913. The average Bonchev–Trinajstić information content (AvgIpc) is 2.67. The van der Waals surface area contributed by atoms with Crippen molar-refractivity contribution >= 4 is 12.6 Å². The van der Waals surface area contributed by atoms with E-state index in [0.29, 0.717) is 19.6 Å². The summed E-state index contributed by atoms with van der Waals surface area (Å²) in [6.07, 6.45) is 10.8. The lowest BCUT2D eigenvalue weighted by Crippen LogP contribution is -2.33. The summed E-state index contributed by atoms with van der Waals surface area (Å²) in [5.74, 6) is 0. The van der Waals surface area contributed by atoms with Gasteiger partial charge in [0.1, 0.15) is 5.60 Å². The van der Waals surface area contributed by atoms with Crippen LogP contribution in [0.15, 0.2) is 0 Å². The van der Waals surface area contributed by atoms with Gasteiger partial charge in [0, 0.05) is 20.3 Å². The molecule has 0 aromatic heterocycles. The maximum atomic E-state index is 11.7. The first-order chi connectivity index (χ1) is 14.4. The lowest BCUT2D eigenvalue weighted by Gasteiger charge is -2.23. The van der Waals surface area contributed by atoms with Gasteiger partial charge in [0.05, 0.1) is 6.61 Å². The van der Waals surface area contributed by atoms with Crippen LogP contribution in [0.1, 0.15) is 85.0 Å². The predicted molar refractivity (Wildman–Crippen MR) is 121 cm³/mol. The molecular weight excluding hydrogens is 384 g/mol. The van der Waals surface area contributed by atoms with E-state index in [1.165, 1.54) is 25.7 Å². The van der Waals surface area contributed by atoms with Crippen molar-refractivity contribution in [1.29, 1.82) is 0 Å². The second kappa shape index (κ2) is 19.6. The summed E-state index contributed by atoms with van der Waals surface area (Å²) in [5.41, 5.74) is -0.455. The second-order valence-corrected chi connectivity index (χ2v) is 8.77. The summed E-state index contributed by atoms with van der Waals surface area (Å²) in [5, 5.41) is 2.83. The summed E-state index contributed by atoms with van der Waals surface area (Å²) in [4.78, 5) is 24.4. The van der Waals surface area contributed by atoms with Crippen molar-refractivity contribution in [2.24, 2.45) is 0 Å². The molecule has 0 heterocycles. The van der Waals surface area contributed by atoms with Crippen molar-refractivity contribution in [3.63, 3.8) is 0 Å². The molecule has 0 fully saturated rings. The molecule has 178 valence electrons. The number of nitrogens with one attached hydrogen (secondary N) is 1. The predicted octanol–water partition coefficient (Wildman–Crippen LogP) is 4.53. The third-order valence-electron chi connectivity index (χ3n) is 4.70. The molecule has 0 aromatic carbocycles. The zero-order chi connectivity index (χ0) is 22.5. The minimum Gasteiger partial charge on any atom is -0.468 e. The van der Waals surface area contributed by atoms with Gasteiger partial charge in [-0.15, -0.1) is 0 Å². The third-order valence-corrected chi connectivity index (χ3v) is 4.70. The highest BCUT2D eigenvalue weighted by Crippen LogP contribution is 2.08. The third kappa shape index (κ3) is 21.4. The molecule has 0 aliphatic heterocycles. The number of nitrogens with zero attached hydrogens (tertiary/aromatic N) is 1. The Balaban J connectivity index is 4.00. The average molecular weight is 431 g/mol. The van der Waals surface area contributed by atoms with Crippen molar-refractivity contribution in [3.8, 4) is 0 Å². The number of ether oxygens (including phenoxy) is 3. The molecule has 0 aromatic rings. The van der Waals surface area contributed by atoms with Gasteiger partial charge in [0.25, 0.3) is 6.47 Å². The first-order valence-corrected chi connectivity index (χ1v) is 11.6. The molecule has 0 atom stereocenters. The van der Waals surface area contributed by atoms with Gasteiger partial charge in [0.2, 0.25) is 0 Å². The van der Waals surface area contributed by atoms with E-state index >= 15 is 0 Å². The molecule has 30 heavy (non-hydrogen) atoms. The van der Waals surface area contributed by atoms with Crippen LogP contribution in [0, 0.1) is 0 Å². The normalized spacial score (nSPS) is 11.5. The van der Waals surface area contributed by atoms with E-state index in [1.807, 2.05) is 20.8 Å². The Hall–Kier alpha value is -1.34. The molecule has 0 aliphatic rings. The molecule has 7 nitrogen and oxygen atoms in total. The van der Waals surface area contributed by atoms with Gasteiger partial charge in [-0.3, -0.25) is 4.79 Å². The smallest absolute Gasteiger partial charge is 0.407 e. The van der Waals surface area contributed by atoms with Gasteiger partial charge in [0.15, 0.2) is 0 Å². The number of unbranched alkanes of at least 4 members (excludes halogenated alkanes) is 7. The van der Waals surface area contributed by atoms with Crippen LogP contribution in [0.2, 0.25) is 0 Å². The van der Waals surface area contributed by atoms with Crippen molar-refractivity contribution in [2.45, 2.75) is 90.6 Å². The summed E-state index contributed by atoms with van der Waals surface area (Å²) < 4.78 is 15.1. The second-order valence-electron chi connectivity index (χ2n) is 8.77. The minimum atomic E-state index is -0.455. The first-order valence-electron chi connectivity index (χ1n) is 11.6. The van der Waals surface area contributed by atoms with Crippen LogP contribution in [-0.2, 0) is 19.0 Å². The Kier molecular flexibility index (Phi) is 18.7. The Labute approximate surface area is 184 Å².